The Bertz CT molecular complexity index is 1410. The molecule has 0 radical (unpaired) electrons. The van der Waals surface area contributed by atoms with E-state index in [2.05, 4.69) is 17.0 Å². The summed E-state index contributed by atoms with van der Waals surface area (Å²) in [5, 5.41) is 0. The number of ether oxygens (including phenoxy) is 1. The van der Waals surface area contributed by atoms with Crippen molar-refractivity contribution in [3.63, 3.8) is 0 Å². The van der Waals surface area contributed by atoms with Crippen LogP contribution in [0.3, 0.4) is 0 Å². The van der Waals surface area contributed by atoms with Crippen molar-refractivity contribution in [3.05, 3.63) is 107 Å². The molecule has 2 aliphatic heterocycles. The SMILES string of the molecule is O=S(=O)(c1ccc(Cc2ccc3c(c2)C(C(F)(F)F)C=CO3)cc1)N1CCCN(CCc2ccccc2)CC1. The molecule has 0 spiro atoms. The number of hydrogen-bond acceptors (Lipinski definition) is 4. The number of fused-ring (bicyclic) bond motifs is 1. The smallest absolute Gasteiger partial charge is 0.399 e. The van der Waals surface area contributed by atoms with Gasteiger partial charge in [-0.25, -0.2) is 8.42 Å². The van der Waals surface area contributed by atoms with Gasteiger partial charge in [0.05, 0.1) is 11.2 Å². The van der Waals surface area contributed by atoms with Crippen molar-refractivity contribution in [3.8, 4) is 5.75 Å². The van der Waals surface area contributed by atoms with Crippen LogP contribution in [0.4, 0.5) is 13.2 Å². The molecular weight excluding hydrogens is 525 g/mol. The number of hydrogen-bond donors (Lipinski definition) is 0. The van der Waals surface area contributed by atoms with E-state index in [1.54, 1.807) is 40.7 Å². The molecule has 0 aromatic heterocycles. The monoisotopic (exact) mass is 556 g/mol. The fraction of sp³-hybridized carbons (Fsp3) is 0.333. The highest BCUT2D eigenvalue weighted by Gasteiger charge is 2.42. The summed E-state index contributed by atoms with van der Waals surface area (Å²) >= 11 is 0. The van der Waals surface area contributed by atoms with Gasteiger partial charge in [-0.2, -0.15) is 17.5 Å². The lowest BCUT2D eigenvalue weighted by atomic mass is 9.92. The zero-order valence-electron chi connectivity index (χ0n) is 21.5. The molecule has 2 aliphatic rings. The van der Waals surface area contributed by atoms with Gasteiger partial charge in [0.15, 0.2) is 0 Å². The Kier molecular flexibility index (Phi) is 8.11. The molecule has 5 nitrogen and oxygen atoms in total. The van der Waals surface area contributed by atoms with Crippen LogP contribution >= 0.6 is 0 Å². The lowest BCUT2D eigenvalue weighted by Gasteiger charge is -2.23. The second-order valence-electron chi connectivity index (χ2n) is 9.99. The first-order chi connectivity index (χ1) is 18.7. The molecular formula is C30H31F3N2O3S. The predicted octanol–water partition coefficient (Wildman–Crippen LogP) is 5.77. The Morgan fingerprint density at radius 2 is 1.59 bits per heavy atom. The zero-order valence-corrected chi connectivity index (χ0v) is 22.3. The first kappa shape index (κ1) is 27.4. The van der Waals surface area contributed by atoms with Gasteiger partial charge in [-0.1, -0.05) is 54.6 Å². The lowest BCUT2D eigenvalue weighted by molar-refractivity contribution is -0.140. The highest BCUT2D eigenvalue weighted by atomic mass is 32.2. The minimum absolute atomic E-state index is 0.0840. The fourth-order valence-corrected chi connectivity index (χ4v) is 6.62. The maximum atomic E-state index is 13.5. The Balaban J connectivity index is 1.22. The van der Waals surface area contributed by atoms with Gasteiger partial charge in [0.1, 0.15) is 11.7 Å². The van der Waals surface area contributed by atoms with E-state index >= 15 is 0 Å². The van der Waals surface area contributed by atoms with Crippen molar-refractivity contribution >= 4 is 10.0 Å². The Morgan fingerprint density at radius 3 is 2.33 bits per heavy atom. The van der Waals surface area contributed by atoms with Gasteiger partial charge < -0.3 is 9.64 Å². The van der Waals surface area contributed by atoms with Crippen LogP contribution in [0, 0.1) is 0 Å². The number of sulfonamides is 1. The lowest BCUT2D eigenvalue weighted by Crippen LogP contribution is -2.35. The topological polar surface area (TPSA) is 49.9 Å². The zero-order chi connectivity index (χ0) is 27.5. The summed E-state index contributed by atoms with van der Waals surface area (Å²) in [4.78, 5) is 2.54. The number of rotatable bonds is 7. The maximum absolute atomic E-state index is 13.5. The predicted molar refractivity (Wildman–Crippen MR) is 144 cm³/mol. The van der Waals surface area contributed by atoms with Crippen molar-refractivity contribution in [2.45, 2.75) is 36.3 Å². The van der Waals surface area contributed by atoms with Crippen molar-refractivity contribution in [2.24, 2.45) is 0 Å². The molecule has 1 unspecified atom stereocenters. The summed E-state index contributed by atoms with van der Waals surface area (Å²) in [6.45, 7) is 3.33. The molecule has 2 heterocycles. The van der Waals surface area contributed by atoms with Crippen molar-refractivity contribution in [2.75, 3.05) is 32.7 Å². The standard InChI is InChI=1S/C30H31F3N2O3S/c31-30(32,33)28-14-20-38-29-12-9-25(22-27(28)29)21-24-7-10-26(11-8-24)39(36,37)35-16-4-15-34(18-19-35)17-13-23-5-2-1-3-6-23/h1-3,5-12,14,20,22,28H,4,13,15-19,21H2. The number of benzene rings is 3. The van der Waals surface area contributed by atoms with E-state index in [1.807, 2.05) is 18.2 Å². The molecule has 0 amide bonds. The second-order valence-corrected chi connectivity index (χ2v) is 11.9. The molecule has 0 saturated carbocycles. The largest absolute Gasteiger partial charge is 0.465 e. The molecule has 9 heteroatoms. The van der Waals surface area contributed by atoms with Gasteiger partial charge in [0.2, 0.25) is 10.0 Å². The molecule has 3 aromatic rings. The molecule has 1 saturated heterocycles. The van der Waals surface area contributed by atoms with Crippen LogP contribution < -0.4 is 4.74 Å². The molecule has 1 atom stereocenters. The summed E-state index contributed by atoms with van der Waals surface area (Å²) in [6, 6.07) is 21.7. The van der Waals surface area contributed by atoms with Gasteiger partial charge in [-0.15, -0.1) is 0 Å². The summed E-state index contributed by atoms with van der Waals surface area (Å²) in [6.07, 6.45) is -0.247. The van der Waals surface area contributed by atoms with Crippen LogP contribution in [0.5, 0.6) is 5.75 Å². The van der Waals surface area contributed by atoms with Gasteiger partial charge >= 0.3 is 6.18 Å². The van der Waals surface area contributed by atoms with Crippen LogP contribution in [0.25, 0.3) is 0 Å². The Morgan fingerprint density at radius 1 is 0.846 bits per heavy atom. The van der Waals surface area contributed by atoms with E-state index in [0.717, 1.165) is 43.8 Å². The third kappa shape index (κ3) is 6.54. The Labute approximate surface area is 227 Å². The van der Waals surface area contributed by atoms with Crippen LogP contribution in [0.15, 0.2) is 90.0 Å². The van der Waals surface area contributed by atoms with E-state index in [9.17, 15) is 21.6 Å². The van der Waals surface area contributed by atoms with Gasteiger partial charge in [-0.05, 0) is 66.8 Å². The summed E-state index contributed by atoms with van der Waals surface area (Å²) < 4.78 is 74.0. The molecule has 3 aromatic carbocycles. The highest BCUT2D eigenvalue weighted by Crippen LogP contribution is 2.42. The molecule has 39 heavy (non-hydrogen) atoms. The van der Waals surface area contributed by atoms with E-state index in [1.165, 1.54) is 11.6 Å². The number of allylic oxidation sites excluding steroid dienone is 1. The summed E-state index contributed by atoms with van der Waals surface area (Å²) in [5.41, 5.74) is 2.86. The molecule has 5 rings (SSSR count). The third-order valence-corrected chi connectivity index (χ3v) is 9.22. The normalized spacial score (nSPS) is 18.8. The quantitative estimate of drug-likeness (QED) is 0.371. The van der Waals surface area contributed by atoms with Crippen LogP contribution in [0.1, 0.15) is 34.6 Å². The third-order valence-electron chi connectivity index (χ3n) is 7.30. The minimum Gasteiger partial charge on any atom is -0.465 e. The summed E-state index contributed by atoms with van der Waals surface area (Å²) in [5.74, 6) is -1.52. The van der Waals surface area contributed by atoms with Gasteiger partial charge in [-0.3, -0.25) is 0 Å². The van der Waals surface area contributed by atoms with E-state index in [4.69, 9.17) is 4.74 Å². The minimum atomic E-state index is -4.41. The molecule has 206 valence electrons. The molecule has 1 fully saturated rings. The van der Waals surface area contributed by atoms with Crippen molar-refractivity contribution in [1.82, 2.24) is 9.21 Å². The molecule has 0 N–H and O–H groups in total. The number of halogens is 3. The van der Waals surface area contributed by atoms with Crippen LogP contribution in [0.2, 0.25) is 0 Å². The van der Waals surface area contributed by atoms with Crippen molar-refractivity contribution < 1.29 is 26.3 Å². The first-order valence-corrected chi connectivity index (χ1v) is 14.5. The van der Waals surface area contributed by atoms with E-state index in [0.29, 0.717) is 31.6 Å². The maximum Gasteiger partial charge on any atom is 0.399 e. The Hall–Kier alpha value is -3.14. The molecule has 0 aliphatic carbocycles. The van der Waals surface area contributed by atoms with Crippen LogP contribution in [-0.2, 0) is 22.9 Å². The average Bonchev–Trinajstić information content (AvgIpc) is 3.18. The van der Waals surface area contributed by atoms with Gasteiger partial charge in [0, 0.05) is 31.7 Å². The first-order valence-electron chi connectivity index (χ1n) is 13.1. The van der Waals surface area contributed by atoms with E-state index < -0.39 is 22.1 Å². The average molecular weight is 557 g/mol. The fourth-order valence-electron chi connectivity index (χ4n) is 5.15. The van der Waals surface area contributed by atoms with Crippen molar-refractivity contribution in [1.29, 1.82) is 0 Å². The second kappa shape index (κ2) is 11.5. The number of nitrogens with zero attached hydrogens (tertiary/aromatic N) is 2. The summed E-state index contributed by atoms with van der Waals surface area (Å²) in [7, 11) is -3.64. The van der Waals surface area contributed by atoms with Gasteiger partial charge in [0.25, 0.3) is 0 Å². The highest BCUT2D eigenvalue weighted by molar-refractivity contribution is 7.89. The van der Waals surface area contributed by atoms with Crippen LogP contribution in [-0.4, -0.2) is 56.5 Å². The van der Waals surface area contributed by atoms with E-state index in [-0.39, 0.29) is 16.2 Å². The molecule has 0 bridgehead atoms. The number of alkyl halides is 3.